The van der Waals surface area contributed by atoms with E-state index in [0.717, 1.165) is 16.5 Å². The van der Waals surface area contributed by atoms with Crippen LogP contribution >= 0.6 is 0 Å². The van der Waals surface area contributed by atoms with Crippen molar-refractivity contribution >= 4 is 34.6 Å². The van der Waals surface area contributed by atoms with Gasteiger partial charge in [-0.1, -0.05) is 52.3 Å². The summed E-state index contributed by atoms with van der Waals surface area (Å²) in [5.41, 5.74) is 7.32. The molecule has 11 heteroatoms. The fourth-order valence-corrected chi connectivity index (χ4v) is 4.13. The maximum atomic E-state index is 13.3. The van der Waals surface area contributed by atoms with Crippen molar-refractivity contribution < 1.29 is 29.4 Å². The van der Waals surface area contributed by atoms with E-state index in [1.165, 1.54) is 6.92 Å². The Morgan fingerprint density at radius 2 is 1.58 bits per heavy atom. The molecule has 2 rings (SSSR count). The minimum Gasteiger partial charge on any atom is -0.480 e. The van der Waals surface area contributed by atoms with E-state index >= 15 is 0 Å². The van der Waals surface area contributed by atoms with Crippen molar-refractivity contribution in [2.24, 2.45) is 17.6 Å². The van der Waals surface area contributed by atoms with E-state index in [2.05, 4.69) is 20.9 Å². The predicted octanol–water partition coefficient (Wildman–Crippen LogP) is 1.05. The Morgan fingerprint density at radius 1 is 0.947 bits per heavy atom. The fourth-order valence-electron chi connectivity index (χ4n) is 4.13. The van der Waals surface area contributed by atoms with Gasteiger partial charge >= 0.3 is 5.97 Å². The van der Waals surface area contributed by atoms with E-state index in [0.29, 0.717) is 6.42 Å². The van der Waals surface area contributed by atoms with Crippen molar-refractivity contribution in [3.63, 3.8) is 0 Å². The molecule has 1 aromatic carbocycles. The number of carbonyl (C=O) groups is 4. The average molecular weight is 532 g/mol. The number of nitrogens with two attached hydrogens (primary N) is 1. The summed E-state index contributed by atoms with van der Waals surface area (Å²) in [6.07, 6.45) is 1.47. The van der Waals surface area contributed by atoms with Gasteiger partial charge in [0.15, 0.2) is 0 Å². The topological polar surface area (TPSA) is 187 Å². The van der Waals surface area contributed by atoms with Crippen LogP contribution in [0.25, 0.3) is 10.9 Å². The highest BCUT2D eigenvalue weighted by molar-refractivity contribution is 5.94. The van der Waals surface area contributed by atoms with Crippen LogP contribution in [0.5, 0.6) is 0 Å². The molecule has 0 aliphatic heterocycles. The lowest BCUT2D eigenvalue weighted by Crippen LogP contribution is -2.59. The van der Waals surface area contributed by atoms with Gasteiger partial charge in [0, 0.05) is 23.5 Å². The van der Waals surface area contributed by atoms with E-state index in [1.807, 2.05) is 45.0 Å². The number of carboxylic acids is 1. The van der Waals surface area contributed by atoms with Gasteiger partial charge in [-0.05, 0) is 36.8 Å². The highest BCUT2D eigenvalue weighted by Gasteiger charge is 2.33. The minimum atomic E-state index is -1.22. The van der Waals surface area contributed by atoms with E-state index in [4.69, 9.17) is 5.73 Å². The van der Waals surface area contributed by atoms with Crippen LogP contribution in [0.2, 0.25) is 0 Å². The molecule has 38 heavy (non-hydrogen) atoms. The van der Waals surface area contributed by atoms with Gasteiger partial charge in [-0.2, -0.15) is 0 Å². The van der Waals surface area contributed by atoms with Crippen molar-refractivity contribution in [3.8, 4) is 0 Å². The van der Waals surface area contributed by atoms with Crippen LogP contribution in [0.1, 0.15) is 53.0 Å². The van der Waals surface area contributed by atoms with Gasteiger partial charge in [-0.3, -0.25) is 14.4 Å². The third kappa shape index (κ3) is 8.29. The summed E-state index contributed by atoms with van der Waals surface area (Å²) in [6.45, 7) is 8.76. The van der Waals surface area contributed by atoms with Crippen molar-refractivity contribution in [2.45, 2.75) is 84.2 Å². The lowest BCUT2D eigenvalue weighted by molar-refractivity contribution is -0.142. The molecular weight excluding hydrogens is 490 g/mol. The molecule has 6 unspecified atom stereocenters. The van der Waals surface area contributed by atoms with E-state index in [1.54, 1.807) is 13.1 Å². The van der Waals surface area contributed by atoms with E-state index in [9.17, 15) is 29.4 Å². The summed E-state index contributed by atoms with van der Waals surface area (Å²) in [7, 11) is 0. The summed E-state index contributed by atoms with van der Waals surface area (Å²) in [5.74, 6) is -3.40. The zero-order valence-corrected chi connectivity index (χ0v) is 22.7. The quantitative estimate of drug-likeness (QED) is 0.190. The average Bonchev–Trinajstić information content (AvgIpc) is 3.27. The molecule has 0 aliphatic carbocycles. The molecule has 6 atom stereocenters. The maximum Gasteiger partial charge on any atom is 0.326 e. The first-order valence-electron chi connectivity index (χ1n) is 13.0. The number of aromatic amines is 1. The zero-order valence-electron chi connectivity index (χ0n) is 22.7. The normalized spacial score (nSPS) is 16.2. The number of aliphatic hydroxyl groups is 1. The predicted molar refractivity (Wildman–Crippen MR) is 144 cm³/mol. The fraction of sp³-hybridized carbons (Fsp3) is 0.556. The van der Waals surface area contributed by atoms with Gasteiger partial charge in [0.25, 0.3) is 0 Å². The summed E-state index contributed by atoms with van der Waals surface area (Å²) >= 11 is 0. The van der Waals surface area contributed by atoms with Crippen LogP contribution in [0, 0.1) is 11.8 Å². The molecule has 0 saturated carbocycles. The highest BCUT2D eigenvalue weighted by Crippen LogP contribution is 2.19. The maximum absolute atomic E-state index is 13.3. The first kappa shape index (κ1) is 30.8. The van der Waals surface area contributed by atoms with Crippen LogP contribution in [-0.4, -0.2) is 69.2 Å². The second-order valence-corrected chi connectivity index (χ2v) is 10.3. The number of carboxylic acid groups (broad SMARTS) is 1. The number of H-pyrrole nitrogens is 1. The van der Waals surface area contributed by atoms with Gasteiger partial charge in [-0.15, -0.1) is 0 Å². The van der Waals surface area contributed by atoms with Crippen LogP contribution in [0.15, 0.2) is 30.5 Å². The molecule has 0 radical (unpaired) electrons. The van der Waals surface area contributed by atoms with Gasteiger partial charge in [-0.25, -0.2) is 4.79 Å². The van der Waals surface area contributed by atoms with Gasteiger partial charge in [0.1, 0.15) is 24.2 Å². The van der Waals surface area contributed by atoms with Crippen molar-refractivity contribution in [1.29, 1.82) is 0 Å². The van der Waals surface area contributed by atoms with Crippen molar-refractivity contribution in [3.05, 3.63) is 36.0 Å². The Hall–Kier alpha value is -3.44. The van der Waals surface area contributed by atoms with Gasteiger partial charge in [0.2, 0.25) is 17.7 Å². The smallest absolute Gasteiger partial charge is 0.326 e. The molecule has 0 aliphatic rings. The summed E-state index contributed by atoms with van der Waals surface area (Å²) in [5, 5.41) is 28.2. The Labute approximate surface area is 222 Å². The lowest BCUT2D eigenvalue weighted by atomic mass is 9.96. The van der Waals surface area contributed by atoms with E-state index < -0.39 is 54.0 Å². The number of aliphatic carboxylic acids is 1. The monoisotopic (exact) mass is 531 g/mol. The van der Waals surface area contributed by atoms with Crippen LogP contribution < -0.4 is 21.7 Å². The second-order valence-electron chi connectivity index (χ2n) is 10.3. The first-order valence-corrected chi connectivity index (χ1v) is 13.0. The number of fused-ring (bicyclic) bond motifs is 1. The first-order chi connectivity index (χ1) is 17.8. The molecule has 1 aromatic heterocycles. The van der Waals surface area contributed by atoms with Crippen LogP contribution in [0.3, 0.4) is 0 Å². The van der Waals surface area contributed by atoms with Crippen molar-refractivity contribution in [2.75, 3.05) is 0 Å². The number of rotatable bonds is 14. The van der Waals surface area contributed by atoms with Crippen molar-refractivity contribution in [1.82, 2.24) is 20.9 Å². The van der Waals surface area contributed by atoms with Crippen LogP contribution in [-0.2, 0) is 25.6 Å². The Morgan fingerprint density at radius 3 is 2.16 bits per heavy atom. The molecule has 0 saturated heterocycles. The third-order valence-electron chi connectivity index (χ3n) is 6.67. The highest BCUT2D eigenvalue weighted by atomic mass is 16.4. The largest absolute Gasteiger partial charge is 0.480 e. The summed E-state index contributed by atoms with van der Waals surface area (Å²) in [6, 6.07) is 3.00. The Bertz CT molecular complexity index is 1110. The molecular formula is C27H41N5O6. The number of carbonyl (C=O) groups excluding carboxylic acids is 3. The number of amides is 3. The molecule has 210 valence electrons. The van der Waals surface area contributed by atoms with Gasteiger partial charge in [0.05, 0.1) is 6.10 Å². The molecule has 11 nitrogen and oxygen atoms in total. The summed E-state index contributed by atoms with van der Waals surface area (Å²) < 4.78 is 0. The molecule has 3 amide bonds. The molecule has 8 N–H and O–H groups in total. The third-order valence-corrected chi connectivity index (χ3v) is 6.67. The molecule has 0 spiro atoms. The number of para-hydroxylation sites is 1. The minimum absolute atomic E-state index is 0.0252. The number of nitrogens with one attached hydrogen (secondary N) is 4. The number of aliphatic hydroxyl groups excluding tert-OH is 1. The molecule has 0 bridgehead atoms. The number of aromatic nitrogens is 1. The van der Waals surface area contributed by atoms with E-state index in [-0.39, 0.29) is 24.7 Å². The SMILES string of the molecule is CCC(C)C(NC(=O)C(CC(C)C)NC(=O)C(N)C(C)O)C(=O)NC(Cc1c[nH]c2ccccc12)C(=O)O. The molecule has 2 aromatic rings. The Balaban J connectivity index is 2.20. The van der Waals surface area contributed by atoms with Gasteiger partial charge < -0.3 is 36.9 Å². The number of benzene rings is 1. The lowest BCUT2D eigenvalue weighted by Gasteiger charge is -2.29. The standard InChI is InChI=1S/C27H41N5O6/c1-6-15(4)23(32-24(34)20(11-14(2)3)30-25(35)22(28)16(5)33)26(36)31-21(27(37)38)12-17-13-29-19-10-8-7-9-18(17)19/h7-10,13-16,20-23,29,33H,6,11-12,28H2,1-5H3,(H,30,35)(H,31,36)(H,32,34)(H,37,38). The summed E-state index contributed by atoms with van der Waals surface area (Å²) in [4.78, 5) is 54.1. The van der Waals surface area contributed by atoms with Crippen LogP contribution in [0.4, 0.5) is 0 Å². The number of hydrogen-bond donors (Lipinski definition) is 7. The Kier molecular flexibility index (Phi) is 11.3. The molecule has 1 heterocycles. The molecule has 0 fully saturated rings. The zero-order chi connectivity index (χ0) is 28.6. The number of hydrogen-bond acceptors (Lipinski definition) is 6. The second kappa shape index (κ2) is 13.9.